The fraction of sp³-hybridized carbons (Fsp3) is 0.182. The van der Waals surface area contributed by atoms with E-state index < -0.39 is 0 Å². The van der Waals surface area contributed by atoms with Crippen LogP contribution in [0, 0.1) is 6.92 Å². The summed E-state index contributed by atoms with van der Waals surface area (Å²) >= 11 is 0. The predicted molar refractivity (Wildman–Crippen MR) is 62.1 cm³/mol. The first kappa shape index (κ1) is 9.58. The standard InChI is InChI=1S/C11H14N4/c1-8-11(7-15(2)14-8)13-10-5-3-9(12)4-6-10/h3-7,13H,12H2,1-2H3. The van der Waals surface area contributed by atoms with E-state index in [1.165, 1.54) is 0 Å². The second-order valence-corrected chi connectivity index (χ2v) is 3.55. The summed E-state index contributed by atoms with van der Waals surface area (Å²) in [6, 6.07) is 7.63. The van der Waals surface area contributed by atoms with Gasteiger partial charge in [0.05, 0.1) is 11.4 Å². The SMILES string of the molecule is Cc1nn(C)cc1Nc1ccc(N)cc1. The van der Waals surface area contributed by atoms with E-state index in [-0.39, 0.29) is 0 Å². The minimum absolute atomic E-state index is 0.767. The van der Waals surface area contributed by atoms with Crippen molar-refractivity contribution in [2.24, 2.45) is 7.05 Å². The van der Waals surface area contributed by atoms with Crippen LogP contribution in [0.1, 0.15) is 5.69 Å². The van der Waals surface area contributed by atoms with Crippen molar-refractivity contribution in [2.75, 3.05) is 11.1 Å². The van der Waals surface area contributed by atoms with E-state index in [2.05, 4.69) is 10.4 Å². The maximum absolute atomic E-state index is 5.61. The van der Waals surface area contributed by atoms with Crippen LogP contribution in [0.2, 0.25) is 0 Å². The largest absolute Gasteiger partial charge is 0.399 e. The summed E-state index contributed by atoms with van der Waals surface area (Å²) in [5, 5.41) is 7.54. The first-order valence-electron chi connectivity index (χ1n) is 4.78. The van der Waals surface area contributed by atoms with E-state index in [1.807, 2.05) is 44.4 Å². The molecule has 1 aromatic carbocycles. The fourth-order valence-corrected chi connectivity index (χ4v) is 1.44. The lowest BCUT2D eigenvalue weighted by atomic mass is 10.2. The molecule has 4 nitrogen and oxygen atoms in total. The Kier molecular flexibility index (Phi) is 2.33. The molecule has 0 aliphatic heterocycles. The van der Waals surface area contributed by atoms with Gasteiger partial charge in [0.25, 0.3) is 0 Å². The highest BCUT2D eigenvalue weighted by Gasteiger charge is 2.02. The summed E-state index contributed by atoms with van der Waals surface area (Å²) < 4.78 is 1.79. The lowest BCUT2D eigenvalue weighted by Crippen LogP contribution is -1.91. The summed E-state index contributed by atoms with van der Waals surface area (Å²) in [6.45, 7) is 1.97. The maximum atomic E-state index is 5.61. The Balaban J connectivity index is 2.21. The van der Waals surface area contributed by atoms with Crippen LogP contribution in [0.5, 0.6) is 0 Å². The monoisotopic (exact) mass is 202 g/mol. The molecule has 78 valence electrons. The summed E-state index contributed by atoms with van der Waals surface area (Å²) in [6.07, 6.45) is 1.95. The highest BCUT2D eigenvalue weighted by Crippen LogP contribution is 2.19. The highest BCUT2D eigenvalue weighted by atomic mass is 15.3. The van der Waals surface area contributed by atoms with Crippen molar-refractivity contribution in [3.05, 3.63) is 36.2 Å². The number of nitrogen functional groups attached to an aromatic ring is 1. The Morgan fingerprint density at radius 2 is 1.93 bits per heavy atom. The van der Waals surface area contributed by atoms with E-state index >= 15 is 0 Å². The lowest BCUT2D eigenvalue weighted by molar-refractivity contribution is 0.756. The molecule has 3 N–H and O–H groups in total. The smallest absolute Gasteiger partial charge is 0.0828 e. The molecule has 0 aliphatic carbocycles. The number of benzene rings is 1. The van der Waals surface area contributed by atoms with Gasteiger partial charge in [-0.3, -0.25) is 4.68 Å². The molecule has 4 heteroatoms. The van der Waals surface area contributed by atoms with Gasteiger partial charge >= 0.3 is 0 Å². The molecule has 0 fully saturated rings. The first-order valence-corrected chi connectivity index (χ1v) is 4.78. The molecule has 0 radical (unpaired) electrons. The summed E-state index contributed by atoms with van der Waals surface area (Å²) in [5.41, 5.74) is 9.39. The number of rotatable bonds is 2. The second-order valence-electron chi connectivity index (χ2n) is 3.55. The number of nitrogens with one attached hydrogen (secondary N) is 1. The maximum Gasteiger partial charge on any atom is 0.0828 e. The van der Waals surface area contributed by atoms with Gasteiger partial charge in [-0.2, -0.15) is 5.10 Å². The van der Waals surface area contributed by atoms with Crippen molar-refractivity contribution in [2.45, 2.75) is 6.92 Å². The Bertz CT molecular complexity index is 456. The Morgan fingerprint density at radius 3 is 2.47 bits per heavy atom. The van der Waals surface area contributed by atoms with Crippen molar-refractivity contribution >= 4 is 17.1 Å². The number of nitrogens with zero attached hydrogens (tertiary/aromatic N) is 2. The average molecular weight is 202 g/mol. The zero-order chi connectivity index (χ0) is 10.8. The molecule has 0 unspecified atom stereocenters. The van der Waals surface area contributed by atoms with Gasteiger partial charge in [0.15, 0.2) is 0 Å². The fourth-order valence-electron chi connectivity index (χ4n) is 1.44. The van der Waals surface area contributed by atoms with Gasteiger partial charge in [-0.25, -0.2) is 0 Å². The van der Waals surface area contributed by atoms with Gasteiger partial charge in [-0.15, -0.1) is 0 Å². The van der Waals surface area contributed by atoms with Crippen LogP contribution in [0.3, 0.4) is 0 Å². The summed E-state index contributed by atoms with van der Waals surface area (Å²) in [4.78, 5) is 0. The number of hydrogen-bond acceptors (Lipinski definition) is 3. The molecule has 0 bridgehead atoms. The van der Waals surface area contributed by atoms with E-state index in [0.29, 0.717) is 0 Å². The van der Waals surface area contributed by atoms with E-state index in [0.717, 1.165) is 22.8 Å². The molecule has 0 aliphatic rings. The third kappa shape index (κ3) is 2.10. The van der Waals surface area contributed by atoms with Crippen molar-refractivity contribution in [1.82, 2.24) is 9.78 Å². The zero-order valence-electron chi connectivity index (χ0n) is 8.86. The van der Waals surface area contributed by atoms with Gasteiger partial charge in [0.1, 0.15) is 0 Å². The molecular formula is C11H14N4. The quantitative estimate of drug-likeness (QED) is 0.733. The van der Waals surface area contributed by atoms with Gasteiger partial charge in [-0.05, 0) is 31.2 Å². The van der Waals surface area contributed by atoms with Crippen molar-refractivity contribution < 1.29 is 0 Å². The van der Waals surface area contributed by atoms with Gasteiger partial charge in [0, 0.05) is 24.6 Å². The minimum atomic E-state index is 0.767. The second kappa shape index (κ2) is 3.65. The number of aryl methyl sites for hydroxylation is 2. The molecule has 1 aromatic heterocycles. The van der Waals surface area contributed by atoms with Gasteiger partial charge < -0.3 is 11.1 Å². The first-order chi connectivity index (χ1) is 7.15. The van der Waals surface area contributed by atoms with Crippen LogP contribution >= 0.6 is 0 Å². The molecule has 0 saturated heterocycles. The van der Waals surface area contributed by atoms with Gasteiger partial charge in [0.2, 0.25) is 0 Å². The topological polar surface area (TPSA) is 55.9 Å². The molecule has 15 heavy (non-hydrogen) atoms. The molecule has 0 saturated carbocycles. The van der Waals surface area contributed by atoms with Crippen LogP contribution < -0.4 is 11.1 Å². The van der Waals surface area contributed by atoms with Crippen molar-refractivity contribution in [3.8, 4) is 0 Å². The Labute approximate surface area is 88.7 Å². The number of anilines is 3. The van der Waals surface area contributed by atoms with Crippen LogP contribution in [-0.2, 0) is 7.05 Å². The molecule has 2 rings (SSSR count). The summed E-state index contributed by atoms with van der Waals surface area (Å²) in [7, 11) is 1.90. The van der Waals surface area contributed by atoms with E-state index in [9.17, 15) is 0 Å². The molecule has 1 heterocycles. The molecule has 0 atom stereocenters. The number of hydrogen-bond donors (Lipinski definition) is 2. The highest BCUT2D eigenvalue weighted by molar-refractivity contribution is 5.62. The number of nitrogens with two attached hydrogens (primary N) is 1. The lowest BCUT2D eigenvalue weighted by Gasteiger charge is -2.04. The molecule has 0 amide bonds. The summed E-state index contributed by atoms with van der Waals surface area (Å²) in [5.74, 6) is 0. The normalized spacial score (nSPS) is 10.3. The third-order valence-electron chi connectivity index (χ3n) is 2.20. The average Bonchev–Trinajstić information content (AvgIpc) is 2.49. The molecule has 0 spiro atoms. The Morgan fingerprint density at radius 1 is 1.27 bits per heavy atom. The van der Waals surface area contributed by atoms with Crippen LogP contribution in [-0.4, -0.2) is 9.78 Å². The van der Waals surface area contributed by atoms with Crippen LogP contribution in [0.25, 0.3) is 0 Å². The third-order valence-corrected chi connectivity index (χ3v) is 2.20. The van der Waals surface area contributed by atoms with Crippen LogP contribution in [0.4, 0.5) is 17.1 Å². The molecule has 2 aromatic rings. The van der Waals surface area contributed by atoms with E-state index in [1.54, 1.807) is 4.68 Å². The zero-order valence-corrected chi connectivity index (χ0v) is 8.86. The van der Waals surface area contributed by atoms with E-state index in [4.69, 9.17) is 5.73 Å². The molecular weight excluding hydrogens is 188 g/mol. The van der Waals surface area contributed by atoms with Crippen LogP contribution in [0.15, 0.2) is 30.5 Å². The minimum Gasteiger partial charge on any atom is -0.399 e. The Hall–Kier alpha value is -1.97. The van der Waals surface area contributed by atoms with Gasteiger partial charge in [-0.1, -0.05) is 0 Å². The van der Waals surface area contributed by atoms with Crippen molar-refractivity contribution in [3.63, 3.8) is 0 Å². The van der Waals surface area contributed by atoms with Crippen molar-refractivity contribution in [1.29, 1.82) is 0 Å². The predicted octanol–water partition coefficient (Wildman–Crippen LogP) is 2.05. The number of aromatic nitrogens is 2.